The predicted molar refractivity (Wildman–Crippen MR) is 119 cm³/mol. The molecule has 0 atom stereocenters. The number of nitrogens with one attached hydrogen (secondary N) is 1. The van der Waals surface area contributed by atoms with Gasteiger partial charge in [-0.1, -0.05) is 18.2 Å². The van der Waals surface area contributed by atoms with E-state index < -0.39 is 11.6 Å². The summed E-state index contributed by atoms with van der Waals surface area (Å²) in [6.07, 6.45) is 5.95. The van der Waals surface area contributed by atoms with Crippen LogP contribution >= 0.6 is 0 Å². The summed E-state index contributed by atoms with van der Waals surface area (Å²) in [7, 11) is 1.60. The van der Waals surface area contributed by atoms with Crippen LogP contribution in [-0.4, -0.2) is 35.4 Å². The standard InChI is InChI=1S/C24H28N2O5/c1-16-6-7-17(12-21(16)30-5)8-9-20(27)18-13-19(15-25-14-18)26-22(28)10-11-23(29)31-24(2,3)4/h6-9,12-15H,10-11H2,1-5H3,(H,26,28)/b9-8+. The molecule has 164 valence electrons. The Morgan fingerprint density at radius 2 is 1.84 bits per heavy atom. The van der Waals surface area contributed by atoms with Crippen molar-refractivity contribution in [3.05, 3.63) is 59.4 Å². The van der Waals surface area contributed by atoms with Crippen molar-refractivity contribution in [1.82, 2.24) is 4.98 Å². The number of aryl methyl sites for hydroxylation is 1. The van der Waals surface area contributed by atoms with E-state index in [2.05, 4.69) is 10.3 Å². The summed E-state index contributed by atoms with van der Waals surface area (Å²) in [4.78, 5) is 40.3. The number of ether oxygens (including phenoxy) is 2. The highest BCUT2D eigenvalue weighted by atomic mass is 16.6. The normalized spacial score (nSPS) is 11.3. The molecule has 0 bridgehead atoms. The number of rotatable bonds is 8. The first-order valence-corrected chi connectivity index (χ1v) is 9.91. The van der Waals surface area contributed by atoms with E-state index >= 15 is 0 Å². The molecule has 0 aliphatic heterocycles. The van der Waals surface area contributed by atoms with Crippen molar-refractivity contribution in [2.45, 2.75) is 46.1 Å². The molecule has 31 heavy (non-hydrogen) atoms. The largest absolute Gasteiger partial charge is 0.496 e. The second-order valence-electron chi connectivity index (χ2n) is 8.02. The molecule has 1 aromatic heterocycles. The zero-order valence-corrected chi connectivity index (χ0v) is 18.5. The third-order valence-corrected chi connectivity index (χ3v) is 4.14. The Labute approximate surface area is 182 Å². The number of hydrogen-bond donors (Lipinski definition) is 1. The van der Waals surface area contributed by atoms with Gasteiger partial charge in [0.25, 0.3) is 0 Å². The van der Waals surface area contributed by atoms with Crippen molar-refractivity contribution in [3.8, 4) is 5.75 Å². The zero-order chi connectivity index (χ0) is 23.0. The second kappa shape index (κ2) is 10.5. The van der Waals surface area contributed by atoms with Gasteiger partial charge < -0.3 is 14.8 Å². The molecule has 2 aromatic rings. The molecule has 0 aliphatic rings. The number of carbonyl (C=O) groups excluding carboxylic acids is 3. The van der Waals surface area contributed by atoms with Gasteiger partial charge in [-0.05, 0) is 57.0 Å². The van der Waals surface area contributed by atoms with Crippen LogP contribution in [-0.2, 0) is 14.3 Å². The fourth-order valence-electron chi connectivity index (χ4n) is 2.68. The fourth-order valence-corrected chi connectivity index (χ4v) is 2.68. The average Bonchev–Trinajstić information content (AvgIpc) is 2.70. The van der Waals surface area contributed by atoms with Crippen LogP contribution in [0.15, 0.2) is 42.7 Å². The Hall–Kier alpha value is -3.48. The maximum atomic E-state index is 12.5. The number of pyridine rings is 1. The van der Waals surface area contributed by atoms with Crippen molar-refractivity contribution in [2.24, 2.45) is 0 Å². The highest BCUT2D eigenvalue weighted by molar-refractivity contribution is 6.07. The fraction of sp³-hybridized carbons (Fsp3) is 0.333. The quantitative estimate of drug-likeness (QED) is 0.384. The number of anilines is 1. The summed E-state index contributed by atoms with van der Waals surface area (Å²) in [5, 5.41) is 2.65. The van der Waals surface area contributed by atoms with E-state index in [-0.39, 0.29) is 24.5 Å². The van der Waals surface area contributed by atoms with E-state index in [1.807, 2.05) is 25.1 Å². The van der Waals surface area contributed by atoms with Crippen LogP contribution in [0.3, 0.4) is 0 Å². The van der Waals surface area contributed by atoms with Crippen LogP contribution in [0, 0.1) is 6.92 Å². The summed E-state index contributed by atoms with van der Waals surface area (Å²) in [5.74, 6) is -0.314. The molecule has 0 radical (unpaired) electrons. The van der Waals surface area contributed by atoms with Crippen LogP contribution in [0.1, 0.15) is 55.1 Å². The van der Waals surface area contributed by atoms with Crippen molar-refractivity contribution in [1.29, 1.82) is 0 Å². The maximum absolute atomic E-state index is 12.5. The number of allylic oxidation sites excluding steroid dienone is 1. The third-order valence-electron chi connectivity index (χ3n) is 4.14. The summed E-state index contributed by atoms with van der Waals surface area (Å²) in [5.41, 5.74) is 1.95. The van der Waals surface area contributed by atoms with Crippen LogP contribution in [0.25, 0.3) is 6.08 Å². The molecule has 1 N–H and O–H groups in total. The van der Waals surface area contributed by atoms with Gasteiger partial charge in [0.1, 0.15) is 11.4 Å². The Morgan fingerprint density at radius 3 is 2.52 bits per heavy atom. The molecule has 7 nitrogen and oxygen atoms in total. The summed E-state index contributed by atoms with van der Waals surface area (Å²) in [6.45, 7) is 7.24. The van der Waals surface area contributed by atoms with E-state index in [4.69, 9.17) is 9.47 Å². The molecular formula is C24H28N2O5. The van der Waals surface area contributed by atoms with Crippen LogP contribution in [0.5, 0.6) is 5.75 Å². The molecule has 0 saturated carbocycles. The van der Waals surface area contributed by atoms with Gasteiger partial charge in [0.05, 0.1) is 25.4 Å². The third kappa shape index (κ3) is 8.04. The molecule has 0 spiro atoms. The van der Waals surface area contributed by atoms with Crippen molar-refractivity contribution in [3.63, 3.8) is 0 Å². The van der Waals surface area contributed by atoms with Crippen molar-refractivity contribution >= 4 is 29.4 Å². The number of amides is 1. The first kappa shape index (κ1) is 23.8. The van der Waals surface area contributed by atoms with E-state index in [0.717, 1.165) is 16.9 Å². The molecule has 2 rings (SSSR count). The van der Waals surface area contributed by atoms with Gasteiger partial charge in [-0.15, -0.1) is 0 Å². The lowest BCUT2D eigenvalue weighted by atomic mass is 10.1. The van der Waals surface area contributed by atoms with E-state index in [9.17, 15) is 14.4 Å². The summed E-state index contributed by atoms with van der Waals surface area (Å²) < 4.78 is 10.5. The van der Waals surface area contributed by atoms with Crippen molar-refractivity contribution in [2.75, 3.05) is 12.4 Å². The number of aromatic nitrogens is 1. The minimum absolute atomic E-state index is 0.0255. The van der Waals surface area contributed by atoms with Gasteiger partial charge in [-0.25, -0.2) is 0 Å². The zero-order valence-electron chi connectivity index (χ0n) is 18.5. The molecule has 0 aliphatic carbocycles. The summed E-state index contributed by atoms with van der Waals surface area (Å²) in [6, 6.07) is 7.19. The minimum Gasteiger partial charge on any atom is -0.496 e. The van der Waals surface area contributed by atoms with Gasteiger partial charge in [-0.3, -0.25) is 19.4 Å². The molecular weight excluding hydrogens is 396 g/mol. The van der Waals surface area contributed by atoms with E-state index in [1.165, 1.54) is 18.5 Å². The Balaban J connectivity index is 1.97. The van der Waals surface area contributed by atoms with Gasteiger partial charge in [0.15, 0.2) is 5.78 Å². The molecule has 0 unspecified atom stereocenters. The van der Waals surface area contributed by atoms with Crippen molar-refractivity contribution < 1.29 is 23.9 Å². The lowest BCUT2D eigenvalue weighted by Gasteiger charge is -2.19. The first-order valence-electron chi connectivity index (χ1n) is 9.91. The van der Waals surface area contributed by atoms with Crippen LogP contribution in [0.4, 0.5) is 5.69 Å². The highest BCUT2D eigenvalue weighted by Gasteiger charge is 2.17. The lowest BCUT2D eigenvalue weighted by Crippen LogP contribution is -2.24. The number of benzene rings is 1. The SMILES string of the molecule is COc1cc(/C=C/C(=O)c2cncc(NC(=O)CCC(=O)OC(C)(C)C)c2)ccc1C. The molecule has 0 saturated heterocycles. The Kier molecular flexibility index (Phi) is 8.07. The molecule has 0 fully saturated rings. The number of ketones is 1. The topological polar surface area (TPSA) is 94.6 Å². The van der Waals surface area contributed by atoms with E-state index in [1.54, 1.807) is 40.0 Å². The number of methoxy groups -OCH3 is 1. The first-order chi connectivity index (χ1) is 14.6. The van der Waals surface area contributed by atoms with E-state index in [0.29, 0.717) is 11.3 Å². The molecule has 1 heterocycles. The summed E-state index contributed by atoms with van der Waals surface area (Å²) >= 11 is 0. The van der Waals surface area contributed by atoms with Gasteiger partial charge in [-0.2, -0.15) is 0 Å². The second-order valence-corrected chi connectivity index (χ2v) is 8.02. The molecule has 7 heteroatoms. The Morgan fingerprint density at radius 1 is 1.10 bits per heavy atom. The monoisotopic (exact) mass is 424 g/mol. The molecule has 1 amide bonds. The number of nitrogens with zero attached hydrogens (tertiary/aromatic N) is 1. The van der Waals surface area contributed by atoms with Gasteiger partial charge in [0, 0.05) is 18.2 Å². The lowest BCUT2D eigenvalue weighted by molar-refractivity contribution is -0.155. The highest BCUT2D eigenvalue weighted by Crippen LogP contribution is 2.20. The van der Waals surface area contributed by atoms with Gasteiger partial charge >= 0.3 is 5.97 Å². The predicted octanol–water partition coefficient (Wildman–Crippen LogP) is 4.36. The molecule has 1 aromatic carbocycles. The number of carbonyl (C=O) groups is 3. The van der Waals surface area contributed by atoms with Gasteiger partial charge in [0.2, 0.25) is 5.91 Å². The Bertz CT molecular complexity index is 990. The number of hydrogen-bond acceptors (Lipinski definition) is 6. The minimum atomic E-state index is -0.594. The van der Waals surface area contributed by atoms with Crippen LogP contribution < -0.4 is 10.1 Å². The number of esters is 1. The average molecular weight is 424 g/mol. The van der Waals surface area contributed by atoms with Crippen LogP contribution in [0.2, 0.25) is 0 Å². The maximum Gasteiger partial charge on any atom is 0.306 e. The smallest absolute Gasteiger partial charge is 0.306 e.